The van der Waals surface area contributed by atoms with Crippen LogP contribution in [0.2, 0.25) is 27.3 Å². The number of carbonyl (C=O) groups excluding carboxylic acids is 1. The highest BCUT2D eigenvalue weighted by Crippen LogP contribution is 2.35. The van der Waals surface area contributed by atoms with Gasteiger partial charge in [-0.3, -0.25) is 4.79 Å². The van der Waals surface area contributed by atoms with E-state index in [4.69, 9.17) is 4.74 Å². The van der Waals surface area contributed by atoms with Crippen LogP contribution in [0.5, 0.6) is 0 Å². The van der Waals surface area contributed by atoms with Crippen LogP contribution in [-0.4, -0.2) is 140 Å². The van der Waals surface area contributed by atoms with Gasteiger partial charge in [-0.2, -0.15) is 0 Å². The van der Waals surface area contributed by atoms with E-state index in [9.17, 15) is 46.8 Å². The molecular formula is C23H46B4F5N5O6. The van der Waals surface area contributed by atoms with Crippen LogP contribution in [0, 0.1) is 0 Å². The highest BCUT2D eigenvalue weighted by molar-refractivity contribution is 6.46. The summed E-state index contributed by atoms with van der Waals surface area (Å²) in [6.07, 6.45) is -10.1. The Balaban J connectivity index is 3.15. The van der Waals surface area contributed by atoms with Crippen molar-refractivity contribution in [2.75, 3.05) is 39.8 Å². The number of allylic oxidation sites excluding steroid dienone is 1. The summed E-state index contributed by atoms with van der Waals surface area (Å²) in [5, 5.41) is 48.1. The summed E-state index contributed by atoms with van der Waals surface area (Å²) in [6.45, 7) is 8.04. The van der Waals surface area contributed by atoms with E-state index in [0.717, 1.165) is 0 Å². The van der Waals surface area contributed by atoms with Crippen LogP contribution in [0.3, 0.4) is 0 Å². The Labute approximate surface area is 252 Å². The molecule has 0 aromatic rings. The van der Waals surface area contributed by atoms with Crippen LogP contribution in [-0.2, 0) is 9.53 Å². The average molecular weight is 627 g/mol. The van der Waals surface area contributed by atoms with E-state index in [1.807, 2.05) is 0 Å². The van der Waals surface area contributed by atoms with Crippen LogP contribution in [0.15, 0.2) is 11.7 Å². The average Bonchev–Trinajstić information content (AvgIpc) is 2.93. The summed E-state index contributed by atoms with van der Waals surface area (Å²) in [5.74, 6) is -5.64. The summed E-state index contributed by atoms with van der Waals surface area (Å²) in [6, 6.07) is -2.21. The monoisotopic (exact) mass is 627 g/mol. The van der Waals surface area contributed by atoms with E-state index in [0.29, 0.717) is 45.4 Å². The summed E-state index contributed by atoms with van der Waals surface area (Å²) < 4.78 is 75.1. The van der Waals surface area contributed by atoms with Crippen molar-refractivity contribution in [3.8, 4) is 0 Å². The van der Waals surface area contributed by atoms with Gasteiger partial charge in [0.2, 0.25) is 0 Å². The molecule has 0 saturated heterocycles. The molecule has 6 atom stereocenters. The van der Waals surface area contributed by atoms with Gasteiger partial charge in [-0.05, 0) is 92.7 Å². The third kappa shape index (κ3) is 13.0. The number of carbonyl (C=O) groups is 1. The fourth-order valence-electron chi connectivity index (χ4n) is 4.98. The standard InChI is InChI=1S/C23H46B4F5N5O6/c1-24(39)34-10-7-13-36(26(3)41)12-6-9-15(37(27(4)42)14-8-11-35-25(2)40)21(33-5)23(38)43-22-19(31)17(29)16(28)18(30)20(22)32/h15,17,19-22,33-35,39-42H,6-14H2,1-5H3. The first-order chi connectivity index (χ1) is 20.1. The lowest BCUT2D eigenvalue weighted by atomic mass is 9.79. The molecule has 1 rings (SSSR count). The summed E-state index contributed by atoms with van der Waals surface area (Å²) in [7, 11) is -2.04. The predicted molar refractivity (Wildman–Crippen MR) is 159 cm³/mol. The Hall–Kier alpha value is -1.24. The summed E-state index contributed by atoms with van der Waals surface area (Å²) in [4.78, 5) is 16.6. The summed E-state index contributed by atoms with van der Waals surface area (Å²) >= 11 is 0. The lowest BCUT2D eigenvalue weighted by Crippen LogP contribution is -2.59. The van der Waals surface area contributed by atoms with Crippen molar-refractivity contribution in [2.24, 2.45) is 0 Å². The molecule has 1 aliphatic carbocycles. The van der Waals surface area contributed by atoms with Crippen molar-refractivity contribution < 1.29 is 51.6 Å². The molecule has 0 amide bonds. The second-order valence-electron chi connectivity index (χ2n) is 10.8. The van der Waals surface area contributed by atoms with Gasteiger partial charge in [-0.15, -0.1) is 0 Å². The number of alkyl halides is 3. The zero-order chi connectivity index (χ0) is 32.9. The van der Waals surface area contributed by atoms with Crippen LogP contribution in [0.1, 0.15) is 25.7 Å². The lowest BCUT2D eigenvalue weighted by molar-refractivity contribution is -0.164. The quantitative estimate of drug-likeness (QED) is 0.0394. The first kappa shape index (κ1) is 39.8. The number of ether oxygens (including phenoxy) is 1. The smallest absolute Gasteiger partial charge is 0.376 e. The number of hydrogen-bond acceptors (Lipinski definition) is 11. The van der Waals surface area contributed by atoms with Crippen molar-refractivity contribution in [1.82, 2.24) is 25.4 Å². The number of rotatable bonds is 21. The van der Waals surface area contributed by atoms with Gasteiger partial charge in [0.1, 0.15) is 6.04 Å². The summed E-state index contributed by atoms with van der Waals surface area (Å²) in [5.41, 5.74) is 0. The zero-order valence-corrected chi connectivity index (χ0v) is 25.5. The molecule has 0 bridgehead atoms. The van der Waals surface area contributed by atoms with Crippen LogP contribution in [0.4, 0.5) is 22.0 Å². The number of nitrogens with one attached hydrogen (secondary N) is 3. The van der Waals surface area contributed by atoms with Crippen molar-refractivity contribution in [1.29, 1.82) is 0 Å². The molecule has 6 unspecified atom stereocenters. The molecule has 0 aromatic heterocycles. The van der Waals surface area contributed by atoms with Gasteiger partial charge in [0.25, 0.3) is 0 Å². The zero-order valence-electron chi connectivity index (χ0n) is 25.5. The molecule has 0 fully saturated rings. The highest BCUT2D eigenvalue weighted by Gasteiger charge is 2.50. The number of hydrogen-bond donors (Lipinski definition) is 7. The van der Waals surface area contributed by atoms with Gasteiger partial charge < -0.3 is 50.2 Å². The van der Waals surface area contributed by atoms with E-state index >= 15 is 0 Å². The molecule has 7 N–H and O–H groups in total. The van der Waals surface area contributed by atoms with Gasteiger partial charge in [0.15, 0.2) is 36.3 Å². The van der Waals surface area contributed by atoms with Gasteiger partial charge in [-0.1, -0.05) is 0 Å². The molecule has 0 spiro atoms. The minimum absolute atomic E-state index is 0.196. The molecule has 246 valence electrons. The Kier molecular flexibility index (Phi) is 18.5. The molecule has 0 saturated carbocycles. The molecule has 0 aliphatic heterocycles. The van der Waals surface area contributed by atoms with Crippen molar-refractivity contribution >= 4 is 34.2 Å². The largest absolute Gasteiger partial charge is 0.454 e. The van der Waals surface area contributed by atoms with E-state index in [1.165, 1.54) is 20.7 Å². The highest BCUT2D eigenvalue weighted by atomic mass is 19.2. The maximum Gasteiger partial charge on any atom is 0.376 e. The normalized spacial score (nSPS) is 22.1. The molecule has 1 aliphatic rings. The maximum absolute atomic E-state index is 14.5. The van der Waals surface area contributed by atoms with E-state index < -0.39 is 82.5 Å². The van der Waals surface area contributed by atoms with E-state index in [-0.39, 0.29) is 13.0 Å². The molecule has 0 radical (unpaired) electrons. The Morgan fingerprint density at radius 3 is 1.86 bits per heavy atom. The van der Waals surface area contributed by atoms with Crippen LogP contribution < -0.4 is 15.8 Å². The van der Waals surface area contributed by atoms with Crippen molar-refractivity contribution in [2.45, 2.75) is 89.7 Å². The second-order valence-corrected chi connectivity index (χ2v) is 10.8. The SMILES string of the molecule is CNC(C(=O)OC1C(F)C(F)=C(F)C(F)C1F)C(CCCN(CCCNB(C)O)B(C)O)N(CCCNB(C)O)B(C)O. The fraction of sp³-hybridized carbons (Fsp3) is 0.870. The minimum atomic E-state index is -3.13. The second kappa shape index (κ2) is 20.0. The van der Waals surface area contributed by atoms with Gasteiger partial charge in [0.05, 0.1) is 0 Å². The maximum atomic E-state index is 14.5. The number of esters is 1. The third-order valence-corrected chi connectivity index (χ3v) is 7.27. The first-order valence-corrected chi connectivity index (χ1v) is 14.7. The Morgan fingerprint density at radius 1 is 0.860 bits per heavy atom. The van der Waals surface area contributed by atoms with Crippen molar-refractivity contribution in [3.05, 3.63) is 11.7 Å². The molecule has 0 aromatic carbocycles. The first-order valence-electron chi connectivity index (χ1n) is 14.7. The minimum Gasteiger partial charge on any atom is -0.454 e. The van der Waals surface area contributed by atoms with Gasteiger partial charge in [-0.25, -0.2) is 22.0 Å². The van der Waals surface area contributed by atoms with E-state index in [2.05, 4.69) is 15.8 Å². The molecule has 0 heterocycles. The number of halogens is 5. The third-order valence-electron chi connectivity index (χ3n) is 7.27. The van der Waals surface area contributed by atoms with Gasteiger partial charge in [0, 0.05) is 6.04 Å². The lowest BCUT2D eigenvalue weighted by Gasteiger charge is -2.38. The molecule has 43 heavy (non-hydrogen) atoms. The molecular weight excluding hydrogens is 581 g/mol. The number of nitrogens with zero attached hydrogens (tertiary/aromatic N) is 2. The molecule has 20 heteroatoms. The van der Waals surface area contributed by atoms with Crippen LogP contribution in [0.25, 0.3) is 0 Å². The Morgan fingerprint density at radius 2 is 1.37 bits per heavy atom. The number of likely N-dealkylation sites (N-methyl/N-ethyl adjacent to an activating group) is 1. The predicted octanol–water partition coefficient (Wildman–Crippen LogP) is -0.182. The van der Waals surface area contributed by atoms with Crippen LogP contribution >= 0.6 is 0 Å². The topological polar surface area (TPSA) is 150 Å². The van der Waals surface area contributed by atoms with Crippen molar-refractivity contribution in [3.63, 3.8) is 0 Å². The Bertz CT molecular complexity index is 860. The van der Waals surface area contributed by atoms with E-state index in [1.54, 1.807) is 23.3 Å². The van der Waals surface area contributed by atoms with Gasteiger partial charge >= 0.3 is 34.2 Å². The fourth-order valence-corrected chi connectivity index (χ4v) is 4.98. The molecule has 11 nitrogen and oxygen atoms in total.